The van der Waals surface area contributed by atoms with Gasteiger partial charge in [0.25, 0.3) is 0 Å². The summed E-state index contributed by atoms with van der Waals surface area (Å²) in [6.07, 6.45) is 5.10. The first-order chi connectivity index (χ1) is 20.6. The number of rotatable bonds is 9. The molecule has 3 aromatic carbocycles. The SMILES string of the molecule is C=CCCC1CCC(c2ccc(-c3ccc(C4CCC(C(F)(F)Oc5cc(F)c(F)c(F)c5)CC4)c(F)c3)c(F)c2)CC1. The molecule has 2 saturated carbocycles. The number of allylic oxidation sites excluding steroid dienone is 1. The fraction of sp³-hybridized carbons (Fsp3) is 0.429. The summed E-state index contributed by atoms with van der Waals surface area (Å²) in [5.74, 6) is -7.33. The maximum Gasteiger partial charge on any atom is 0.400 e. The zero-order valence-corrected chi connectivity index (χ0v) is 23.8. The van der Waals surface area contributed by atoms with Gasteiger partial charge in [-0.3, -0.25) is 0 Å². The van der Waals surface area contributed by atoms with E-state index in [4.69, 9.17) is 0 Å². The van der Waals surface area contributed by atoms with Crippen molar-refractivity contribution in [1.29, 1.82) is 0 Å². The van der Waals surface area contributed by atoms with Crippen molar-refractivity contribution in [3.63, 3.8) is 0 Å². The van der Waals surface area contributed by atoms with Crippen molar-refractivity contribution in [1.82, 2.24) is 0 Å². The zero-order valence-electron chi connectivity index (χ0n) is 23.8. The molecule has 0 spiro atoms. The molecule has 0 heterocycles. The van der Waals surface area contributed by atoms with Gasteiger partial charge in [-0.15, -0.1) is 6.58 Å². The number of alkyl halides is 2. The standard InChI is InChI=1S/C35H35F7O/c1-2-3-4-21-5-7-22(8-6-21)24-11-15-29(30(36)17-24)25-12-16-28(31(37)18-25)23-9-13-26(14-10-23)35(41,42)43-27-19-32(38)34(40)33(39)20-27/h2,11-12,15-23,26H,1,3-10,13-14H2. The molecule has 2 aliphatic carbocycles. The normalized spacial score (nSPS) is 22.8. The van der Waals surface area contributed by atoms with Gasteiger partial charge in [0.15, 0.2) is 17.5 Å². The summed E-state index contributed by atoms with van der Waals surface area (Å²) >= 11 is 0. The van der Waals surface area contributed by atoms with Gasteiger partial charge in [0, 0.05) is 17.7 Å². The minimum Gasteiger partial charge on any atom is -0.432 e. The van der Waals surface area contributed by atoms with Crippen molar-refractivity contribution >= 4 is 0 Å². The van der Waals surface area contributed by atoms with E-state index in [1.54, 1.807) is 24.3 Å². The molecule has 0 aromatic heterocycles. The van der Waals surface area contributed by atoms with Crippen LogP contribution in [0.2, 0.25) is 0 Å². The molecule has 0 bridgehead atoms. The quantitative estimate of drug-likeness (QED) is 0.134. The van der Waals surface area contributed by atoms with Crippen LogP contribution in [0.5, 0.6) is 5.75 Å². The van der Waals surface area contributed by atoms with Crippen molar-refractivity contribution in [3.05, 3.63) is 101 Å². The third-order valence-corrected chi connectivity index (χ3v) is 9.26. The Kier molecular flexibility index (Phi) is 9.52. The monoisotopic (exact) mass is 604 g/mol. The maximum absolute atomic E-state index is 15.3. The Balaban J connectivity index is 1.20. The maximum atomic E-state index is 15.3. The Bertz CT molecular complexity index is 1410. The Labute approximate surface area is 247 Å². The largest absolute Gasteiger partial charge is 0.432 e. The van der Waals surface area contributed by atoms with Crippen LogP contribution in [0, 0.1) is 40.9 Å². The molecule has 43 heavy (non-hydrogen) atoms. The molecule has 1 nitrogen and oxygen atoms in total. The third kappa shape index (κ3) is 7.10. The molecule has 0 unspecified atom stereocenters. The highest BCUT2D eigenvalue weighted by Crippen LogP contribution is 2.45. The van der Waals surface area contributed by atoms with Crippen molar-refractivity contribution < 1.29 is 35.5 Å². The Hall–Kier alpha value is -3.29. The molecule has 0 atom stereocenters. The average Bonchev–Trinajstić information content (AvgIpc) is 2.99. The van der Waals surface area contributed by atoms with Crippen molar-refractivity contribution in [2.75, 3.05) is 0 Å². The Morgan fingerprint density at radius 3 is 1.98 bits per heavy atom. The third-order valence-electron chi connectivity index (χ3n) is 9.26. The number of ether oxygens (including phenoxy) is 1. The van der Waals surface area contributed by atoms with E-state index in [0.717, 1.165) is 44.1 Å². The van der Waals surface area contributed by atoms with E-state index in [2.05, 4.69) is 11.3 Å². The molecule has 0 N–H and O–H groups in total. The van der Waals surface area contributed by atoms with Crippen LogP contribution >= 0.6 is 0 Å². The fourth-order valence-corrected chi connectivity index (χ4v) is 6.76. The summed E-state index contributed by atoms with van der Waals surface area (Å²) in [7, 11) is 0. The predicted octanol–water partition coefficient (Wildman–Crippen LogP) is 11.2. The van der Waals surface area contributed by atoms with Crippen LogP contribution in [0.4, 0.5) is 30.7 Å². The van der Waals surface area contributed by atoms with Crippen molar-refractivity contribution in [3.8, 4) is 16.9 Å². The smallest absolute Gasteiger partial charge is 0.400 e. The van der Waals surface area contributed by atoms with Crippen LogP contribution in [-0.4, -0.2) is 6.11 Å². The molecule has 5 rings (SSSR count). The van der Waals surface area contributed by atoms with Gasteiger partial charge in [0.2, 0.25) is 0 Å². The van der Waals surface area contributed by atoms with Crippen LogP contribution in [0.3, 0.4) is 0 Å². The molecule has 0 radical (unpaired) electrons. The van der Waals surface area contributed by atoms with Gasteiger partial charge in [-0.1, -0.05) is 30.3 Å². The van der Waals surface area contributed by atoms with E-state index >= 15 is 8.78 Å². The van der Waals surface area contributed by atoms with E-state index < -0.39 is 46.9 Å². The molecular formula is C35H35F7O. The summed E-state index contributed by atoms with van der Waals surface area (Å²) in [6.45, 7) is 3.79. The van der Waals surface area contributed by atoms with Gasteiger partial charge in [0.1, 0.15) is 17.4 Å². The molecular weight excluding hydrogens is 569 g/mol. The molecule has 8 heteroatoms. The summed E-state index contributed by atoms with van der Waals surface area (Å²) in [4.78, 5) is 0. The summed E-state index contributed by atoms with van der Waals surface area (Å²) in [6, 6.07) is 10.5. The van der Waals surface area contributed by atoms with Gasteiger partial charge in [-0.05, 0) is 111 Å². The predicted molar refractivity (Wildman–Crippen MR) is 153 cm³/mol. The molecule has 3 aromatic rings. The molecule has 2 fully saturated rings. The second-order valence-electron chi connectivity index (χ2n) is 12.0. The lowest BCUT2D eigenvalue weighted by Gasteiger charge is -2.33. The lowest BCUT2D eigenvalue weighted by atomic mass is 9.77. The first-order valence-electron chi connectivity index (χ1n) is 15.0. The van der Waals surface area contributed by atoms with Gasteiger partial charge in [-0.2, -0.15) is 8.78 Å². The van der Waals surface area contributed by atoms with Crippen molar-refractivity contribution in [2.24, 2.45) is 11.8 Å². The first-order valence-corrected chi connectivity index (χ1v) is 15.0. The Morgan fingerprint density at radius 1 is 0.721 bits per heavy atom. The number of hydrogen-bond acceptors (Lipinski definition) is 1. The zero-order chi connectivity index (χ0) is 30.7. The highest BCUT2D eigenvalue weighted by atomic mass is 19.3. The molecule has 2 aliphatic rings. The minimum absolute atomic E-state index is 0.0166. The van der Waals surface area contributed by atoms with E-state index in [1.807, 2.05) is 12.1 Å². The van der Waals surface area contributed by atoms with E-state index in [1.165, 1.54) is 6.07 Å². The number of hydrogen-bond donors (Lipinski definition) is 0. The van der Waals surface area contributed by atoms with Gasteiger partial charge in [-0.25, -0.2) is 22.0 Å². The Morgan fingerprint density at radius 2 is 1.37 bits per heavy atom. The van der Waals surface area contributed by atoms with Crippen LogP contribution in [0.15, 0.2) is 61.2 Å². The lowest BCUT2D eigenvalue weighted by Crippen LogP contribution is -2.37. The van der Waals surface area contributed by atoms with Gasteiger partial charge in [0.05, 0.1) is 5.92 Å². The van der Waals surface area contributed by atoms with E-state index in [-0.39, 0.29) is 31.6 Å². The highest BCUT2D eigenvalue weighted by Gasteiger charge is 2.44. The fourth-order valence-electron chi connectivity index (χ4n) is 6.76. The van der Waals surface area contributed by atoms with E-state index in [9.17, 15) is 22.0 Å². The second-order valence-corrected chi connectivity index (χ2v) is 12.0. The second kappa shape index (κ2) is 13.1. The topological polar surface area (TPSA) is 9.23 Å². The highest BCUT2D eigenvalue weighted by molar-refractivity contribution is 5.65. The molecule has 0 amide bonds. The van der Waals surface area contributed by atoms with Crippen LogP contribution in [0.1, 0.15) is 87.2 Å². The number of benzene rings is 3. The summed E-state index contributed by atoms with van der Waals surface area (Å²) < 4.78 is 105. The number of halogens is 7. The average molecular weight is 605 g/mol. The summed E-state index contributed by atoms with van der Waals surface area (Å²) in [5.41, 5.74) is 2.06. The minimum atomic E-state index is -3.75. The van der Waals surface area contributed by atoms with Crippen molar-refractivity contribution in [2.45, 2.75) is 82.2 Å². The van der Waals surface area contributed by atoms with Gasteiger partial charge >= 0.3 is 6.11 Å². The first kappa shape index (κ1) is 31.1. The van der Waals surface area contributed by atoms with Crippen LogP contribution in [-0.2, 0) is 0 Å². The van der Waals surface area contributed by atoms with Crippen LogP contribution in [0.25, 0.3) is 11.1 Å². The summed E-state index contributed by atoms with van der Waals surface area (Å²) in [5, 5.41) is 0. The molecule has 0 saturated heterocycles. The molecule has 230 valence electrons. The molecule has 0 aliphatic heterocycles. The van der Waals surface area contributed by atoms with E-state index in [0.29, 0.717) is 40.7 Å². The lowest BCUT2D eigenvalue weighted by molar-refractivity contribution is -0.222. The van der Waals surface area contributed by atoms with Crippen LogP contribution < -0.4 is 4.74 Å². The van der Waals surface area contributed by atoms with Gasteiger partial charge < -0.3 is 4.74 Å².